The maximum Gasteiger partial charge on any atom is 0.0967 e. The molecule has 0 spiro atoms. The molecule has 26 heavy (non-hydrogen) atoms. The predicted molar refractivity (Wildman–Crippen MR) is 108 cm³/mol. The summed E-state index contributed by atoms with van der Waals surface area (Å²) < 4.78 is 0. The summed E-state index contributed by atoms with van der Waals surface area (Å²) in [6.45, 7) is 0. The van der Waals surface area contributed by atoms with Gasteiger partial charge in [-0.2, -0.15) is 0 Å². The van der Waals surface area contributed by atoms with Crippen LogP contribution in [0.1, 0.15) is 11.3 Å². The molecule has 0 aliphatic carbocycles. The molecule has 0 atom stereocenters. The van der Waals surface area contributed by atoms with Crippen molar-refractivity contribution in [3.63, 3.8) is 0 Å². The zero-order valence-electron chi connectivity index (χ0n) is 13.9. The van der Waals surface area contributed by atoms with Gasteiger partial charge >= 0.3 is 0 Å². The normalized spacial score (nSPS) is 11.7. The van der Waals surface area contributed by atoms with Gasteiger partial charge in [-0.05, 0) is 24.3 Å². The van der Waals surface area contributed by atoms with Crippen LogP contribution in [0.15, 0.2) is 78.9 Å². The van der Waals surface area contributed by atoms with E-state index in [1.165, 1.54) is 0 Å². The lowest BCUT2D eigenvalue weighted by atomic mass is 10.1. The number of para-hydroxylation sites is 2. The number of hydrogen-bond acceptors (Lipinski definition) is 3. The topological polar surface area (TPSA) is 51.8 Å². The molecule has 4 heteroatoms. The Morgan fingerprint density at radius 1 is 0.769 bits per heavy atom. The van der Waals surface area contributed by atoms with Crippen LogP contribution in [0.2, 0.25) is 5.02 Å². The second-order valence-corrected chi connectivity index (χ2v) is 6.30. The average molecular weight is 358 g/mol. The molecule has 0 saturated carbocycles. The molecule has 0 unspecified atom stereocenters. The second-order valence-electron chi connectivity index (χ2n) is 5.89. The standard InChI is InChI=1S/C22H16ClN3/c23-17-11-5-4-10-16(17)18(24)14-21-22(15-8-2-1-3-9-15)26-20-13-7-6-12-19(20)25-21/h1-14H,24H2. The van der Waals surface area contributed by atoms with Crippen molar-refractivity contribution in [1.29, 1.82) is 0 Å². The number of fused-ring (bicyclic) bond motifs is 1. The number of aromatic nitrogens is 2. The minimum absolute atomic E-state index is 0.553. The summed E-state index contributed by atoms with van der Waals surface area (Å²) in [5.41, 5.74) is 11.8. The van der Waals surface area contributed by atoms with E-state index in [-0.39, 0.29) is 0 Å². The molecule has 0 bridgehead atoms. The molecule has 0 radical (unpaired) electrons. The molecule has 1 heterocycles. The summed E-state index contributed by atoms with van der Waals surface area (Å²) in [7, 11) is 0. The van der Waals surface area contributed by atoms with Gasteiger partial charge in [-0.1, -0.05) is 72.3 Å². The van der Waals surface area contributed by atoms with Crippen molar-refractivity contribution < 1.29 is 0 Å². The summed E-state index contributed by atoms with van der Waals surface area (Å²) >= 11 is 6.28. The van der Waals surface area contributed by atoms with Gasteiger partial charge in [-0.15, -0.1) is 0 Å². The van der Waals surface area contributed by atoms with Crippen molar-refractivity contribution >= 4 is 34.4 Å². The minimum atomic E-state index is 0.553. The smallest absolute Gasteiger partial charge is 0.0967 e. The van der Waals surface area contributed by atoms with E-state index in [4.69, 9.17) is 27.3 Å². The maximum absolute atomic E-state index is 6.33. The zero-order valence-corrected chi connectivity index (χ0v) is 14.7. The quantitative estimate of drug-likeness (QED) is 0.533. The van der Waals surface area contributed by atoms with E-state index in [1.807, 2.05) is 84.9 Å². The highest BCUT2D eigenvalue weighted by Gasteiger charge is 2.11. The van der Waals surface area contributed by atoms with Crippen LogP contribution in [-0.4, -0.2) is 9.97 Å². The van der Waals surface area contributed by atoms with Crippen molar-refractivity contribution in [3.05, 3.63) is 95.1 Å². The highest BCUT2D eigenvalue weighted by Crippen LogP contribution is 2.27. The van der Waals surface area contributed by atoms with Crippen LogP contribution >= 0.6 is 11.6 Å². The SMILES string of the molecule is NC(=Cc1nc2ccccc2nc1-c1ccccc1)c1ccccc1Cl. The largest absolute Gasteiger partial charge is 0.398 e. The van der Waals surface area contributed by atoms with E-state index < -0.39 is 0 Å². The molecule has 3 aromatic carbocycles. The molecule has 0 aliphatic heterocycles. The number of nitrogens with zero attached hydrogens (tertiary/aromatic N) is 2. The lowest BCUT2D eigenvalue weighted by Gasteiger charge is -2.09. The van der Waals surface area contributed by atoms with E-state index in [1.54, 1.807) is 0 Å². The van der Waals surface area contributed by atoms with E-state index in [0.717, 1.165) is 27.9 Å². The molecule has 2 N–H and O–H groups in total. The molecule has 4 aromatic rings. The fraction of sp³-hybridized carbons (Fsp3) is 0. The third-order valence-corrected chi connectivity index (χ3v) is 4.45. The number of hydrogen-bond donors (Lipinski definition) is 1. The van der Waals surface area contributed by atoms with Crippen molar-refractivity contribution in [2.45, 2.75) is 0 Å². The van der Waals surface area contributed by atoms with Crippen molar-refractivity contribution in [2.24, 2.45) is 5.73 Å². The minimum Gasteiger partial charge on any atom is -0.398 e. The molecule has 4 rings (SSSR count). The Kier molecular flexibility index (Phi) is 4.38. The predicted octanol–water partition coefficient (Wildman–Crippen LogP) is 5.41. The van der Waals surface area contributed by atoms with Crippen molar-refractivity contribution in [2.75, 3.05) is 0 Å². The Hall–Kier alpha value is -3.17. The second kappa shape index (κ2) is 6.98. The molecule has 0 saturated heterocycles. The van der Waals surface area contributed by atoms with Gasteiger partial charge in [0.2, 0.25) is 0 Å². The molecular formula is C22H16ClN3. The summed E-state index contributed by atoms with van der Waals surface area (Å²) in [6, 6.07) is 25.3. The number of nitrogens with two attached hydrogens (primary N) is 1. The monoisotopic (exact) mass is 357 g/mol. The summed E-state index contributed by atoms with van der Waals surface area (Å²) in [4.78, 5) is 9.60. The van der Waals surface area contributed by atoms with Crippen LogP contribution in [0.3, 0.4) is 0 Å². The molecular weight excluding hydrogens is 342 g/mol. The van der Waals surface area contributed by atoms with Crippen molar-refractivity contribution in [1.82, 2.24) is 9.97 Å². The van der Waals surface area contributed by atoms with Gasteiger partial charge in [0.1, 0.15) is 0 Å². The Morgan fingerprint density at radius 3 is 2.12 bits per heavy atom. The van der Waals surface area contributed by atoms with Crippen LogP contribution in [-0.2, 0) is 0 Å². The Bertz CT molecular complexity index is 1100. The zero-order chi connectivity index (χ0) is 17.9. The number of rotatable bonds is 3. The van der Waals surface area contributed by atoms with E-state index in [9.17, 15) is 0 Å². The molecule has 1 aromatic heterocycles. The number of halogens is 1. The summed E-state index contributed by atoms with van der Waals surface area (Å²) in [5.74, 6) is 0. The van der Waals surface area contributed by atoms with Crippen LogP contribution in [0, 0.1) is 0 Å². The van der Waals surface area contributed by atoms with E-state index in [2.05, 4.69) is 0 Å². The Labute approximate surface area is 156 Å². The average Bonchev–Trinajstić information content (AvgIpc) is 2.68. The van der Waals surface area contributed by atoms with Gasteiger partial charge in [0, 0.05) is 21.8 Å². The van der Waals surface area contributed by atoms with Crippen molar-refractivity contribution in [3.8, 4) is 11.3 Å². The first-order valence-corrected chi connectivity index (χ1v) is 8.64. The van der Waals surface area contributed by atoms with Gasteiger partial charge in [0.15, 0.2) is 0 Å². The third kappa shape index (κ3) is 3.17. The van der Waals surface area contributed by atoms with Gasteiger partial charge in [-0.25, -0.2) is 9.97 Å². The maximum atomic E-state index is 6.33. The van der Waals surface area contributed by atoms with Crippen LogP contribution < -0.4 is 5.73 Å². The molecule has 0 fully saturated rings. The number of benzene rings is 3. The van der Waals surface area contributed by atoms with Crippen LogP contribution in [0.25, 0.3) is 34.1 Å². The fourth-order valence-corrected chi connectivity index (χ4v) is 3.09. The molecule has 0 amide bonds. The first kappa shape index (κ1) is 16.3. The van der Waals surface area contributed by atoms with Gasteiger partial charge < -0.3 is 5.73 Å². The fourth-order valence-electron chi connectivity index (χ4n) is 2.84. The first-order chi connectivity index (χ1) is 12.7. The highest BCUT2D eigenvalue weighted by atomic mass is 35.5. The van der Waals surface area contributed by atoms with Gasteiger partial charge in [0.25, 0.3) is 0 Å². The third-order valence-electron chi connectivity index (χ3n) is 4.12. The molecule has 3 nitrogen and oxygen atoms in total. The van der Waals surface area contributed by atoms with E-state index >= 15 is 0 Å². The van der Waals surface area contributed by atoms with Gasteiger partial charge in [0.05, 0.1) is 22.4 Å². The highest BCUT2D eigenvalue weighted by molar-refractivity contribution is 6.32. The van der Waals surface area contributed by atoms with Crippen LogP contribution in [0.5, 0.6) is 0 Å². The summed E-state index contributed by atoms with van der Waals surface area (Å²) in [6.07, 6.45) is 1.84. The lowest BCUT2D eigenvalue weighted by molar-refractivity contribution is 1.26. The Morgan fingerprint density at radius 2 is 1.38 bits per heavy atom. The molecule has 0 aliphatic rings. The van der Waals surface area contributed by atoms with Gasteiger partial charge in [-0.3, -0.25) is 0 Å². The first-order valence-electron chi connectivity index (χ1n) is 8.26. The molecule has 126 valence electrons. The van der Waals surface area contributed by atoms with Crippen LogP contribution in [0.4, 0.5) is 0 Å². The summed E-state index contributed by atoms with van der Waals surface area (Å²) in [5, 5.41) is 0.608. The Balaban J connectivity index is 1.93. The lowest BCUT2D eigenvalue weighted by Crippen LogP contribution is -2.00. The van der Waals surface area contributed by atoms with E-state index in [0.29, 0.717) is 16.4 Å².